The molecule has 2 heterocycles. The third-order valence-corrected chi connectivity index (χ3v) is 4.30. The summed E-state index contributed by atoms with van der Waals surface area (Å²) in [6.45, 7) is 7.32. The van der Waals surface area contributed by atoms with Crippen LogP contribution in [0.3, 0.4) is 0 Å². The predicted molar refractivity (Wildman–Crippen MR) is 60.4 cm³/mol. The van der Waals surface area contributed by atoms with Gasteiger partial charge < -0.3 is 10.6 Å². The molecule has 2 N–H and O–H groups in total. The molecule has 0 amide bonds. The lowest BCUT2D eigenvalue weighted by atomic mass is 9.82. The average molecular weight is 196 g/mol. The Labute approximate surface area is 87.8 Å². The SMILES string of the molecule is C[C@H]([C@H](C)[C@@H]1CCCN1)[C@@H]1CCCN1. The lowest BCUT2D eigenvalue weighted by molar-refractivity contribution is 0.252. The fourth-order valence-corrected chi connectivity index (χ4v) is 3.05. The predicted octanol–water partition coefficient (Wildman–Crippen LogP) is 1.76. The van der Waals surface area contributed by atoms with E-state index in [2.05, 4.69) is 24.5 Å². The molecule has 2 aliphatic rings. The average Bonchev–Trinajstić information content (AvgIpc) is 2.87. The van der Waals surface area contributed by atoms with Crippen LogP contribution < -0.4 is 10.6 Å². The first-order valence-corrected chi connectivity index (χ1v) is 6.26. The van der Waals surface area contributed by atoms with Gasteiger partial charge in [0, 0.05) is 12.1 Å². The molecule has 0 radical (unpaired) electrons. The van der Waals surface area contributed by atoms with Crippen molar-refractivity contribution >= 4 is 0 Å². The van der Waals surface area contributed by atoms with Crippen molar-refractivity contribution in [3.05, 3.63) is 0 Å². The van der Waals surface area contributed by atoms with Gasteiger partial charge in [0.15, 0.2) is 0 Å². The van der Waals surface area contributed by atoms with Gasteiger partial charge in [-0.2, -0.15) is 0 Å². The molecule has 14 heavy (non-hydrogen) atoms. The minimum Gasteiger partial charge on any atom is -0.314 e. The number of hydrogen-bond acceptors (Lipinski definition) is 2. The van der Waals surface area contributed by atoms with Crippen LogP contribution >= 0.6 is 0 Å². The molecule has 0 aromatic rings. The molecular formula is C12H24N2. The molecule has 2 rings (SSSR count). The quantitative estimate of drug-likeness (QED) is 0.719. The van der Waals surface area contributed by atoms with Crippen LogP contribution in [0.15, 0.2) is 0 Å². The molecule has 0 spiro atoms. The molecule has 2 fully saturated rings. The summed E-state index contributed by atoms with van der Waals surface area (Å²) in [4.78, 5) is 0. The third-order valence-electron chi connectivity index (χ3n) is 4.30. The van der Waals surface area contributed by atoms with Crippen molar-refractivity contribution in [2.75, 3.05) is 13.1 Å². The van der Waals surface area contributed by atoms with E-state index in [1.807, 2.05) is 0 Å². The Kier molecular flexibility index (Phi) is 3.45. The van der Waals surface area contributed by atoms with Crippen LogP contribution in [0.25, 0.3) is 0 Å². The van der Waals surface area contributed by atoms with Crippen LogP contribution in [-0.4, -0.2) is 25.2 Å². The number of rotatable bonds is 3. The van der Waals surface area contributed by atoms with Gasteiger partial charge in [0.05, 0.1) is 0 Å². The zero-order chi connectivity index (χ0) is 9.97. The van der Waals surface area contributed by atoms with E-state index in [1.165, 1.54) is 38.8 Å². The molecule has 0 aliphatic carbocycles. The largest absolute Gasteiger partial charge is 0.314 e. The van der Waals surface area contributed by atoms with Crippen LogP contribution in [0, 0.1) is 11.8 Å². The molecule has 82 valence electrons. The second-order valence-electron chi connectivity index (χ2n) is 5.12. The maximum absolute atomic E-state index is 3.63. The Balaban J connectivity index is 1.85. The third kappa shape index (κ3) is 2.12. The lowest BCUT2D eigenvalue weighted by Crippen LogP contribution is -2.40. The molecule has 2 saturated heterocycles. The van der Waals surface area contributed by atoms with E-state index in [9.17, 15) is 0 Å². The van der Waals surface area contributed by atoms with Crippen LogP contribution in [-0.2, 0) is 0 Å². The van der Waals surface area contributed by atoms with Crippen molar-refractivity contribution in [2.24, 2.45) is 11.8 Å². The highest BCUT2D eigenvalue weighted by molar-refractivity contribution is 4.88. The summed E-state index contributed by atoms with van der Waals surface area (Å²) >= 11 is 0. The van der Waals surface area contributed by atoms with Gasteiger partial charge in [0.25, 0.3) is 0 Å². The van der Waals surface area contributed by atoms with Crippen molar-refractivity contribution in [3.8, 4) is 0 Å². The Morgan fingerprint density at radius 1 is 0.857 bits per heavy atom. The topological polar surface area (TPSA) is 24.1 Å². The molecule has 2 heteroatoms. The molecular weight excluding hydrogens is 172 g/mol. The summed E-state index contributed by atoms with van der Waals surface area (Å²) in [7, 11) is 0. The first-order chi connectivity index (χ1) is 6.79. The van der Waals surface area contributed by atoms with E-state index in [0.29, 0.717) is 0 Å². The van der Waals surface area contributed by atoms with Crippen LogP contribution in [0.2, 0.25) is 0 Å². The van der Waals surface area contributed by atoms with Gasteiger partial charge in [-0.25, -0.2) is 0 Å². The lowest BCUT2D eigenvalue weighted by Gasteiger charge is -2.30. The highest BCUT2D eigenvalue weighted by Crippen LogP contribution is 2.27. The fraction of sp³-hybridized carbons (Fsp3) is 1.00. The number of hydrogen-bond donors (Lipinski definition) is 2. The molecule has 0 bridgehead atoms. The summed E-state index contributed by atoms with van der Waals surface area (Å²) in [5, 5.41) is 7.27. The highest BCUT2D eigenvalue weighted by Gasteiger charge is 2.31. The smallest absolute Gasteiger partial charge is 0.00962 e. The maximum atomic E-state index is 3.63. The van der Waals surface area contributed by atoms with Crippen molar-refractivity contribution < 1.29 is 0 Å². The molecule has 0 aromatic carbocycles. The first-order valence-electron chi connectivity index (χ1n) is 6.26. The van der Waals surface area contributed by atoms with Crippen molar-refractivity contribution in [1.29, 1.82) is 0 Å². The van der Waals surface area contributed by atoms with Gasteiger partial charge in [-0.3, -0.25) is 0 Å². The van der Waals surface area contributed by atoms with Crippen molar-refractivity contribution in [3.63, 3.8) is 0 Å². The molecule has 2 nitrogen and oxygen atoms in total. The van der Waals surface area contributed by atoms with Gasteiger partial charge in [-0.1, -0.05) is 13.8 Å². The van der Waals surface area contributed by atoms with Crippen molar-refractivity contribution in [2.45, 2.75) is 51.6 Å². The zero-order valence-electron chi connectivity index (χ0n) is 9.55. The summed E-state index contributed by atoms with van der Waals surface area (Å²) in [6.07, 6.45) is 5.52. The van der Waals surface area contributed by atoms with Gasteiger partial charge in [0.1, 0.15) is 0 Å². The fourth-order valence-electron chi connectivity index (χ4n) is 3.05. The summed E-state index contributed by atoms with van der Waals surface area (Å²) in [5.74, 6) is 1.65. The van der Waals surface area contributed by atoms with Crippen LogP contribution in [0.5, 0.6) is 0 Å². The first kappa shape index (κ1) is 10.4. The van der Waals surface area contributed by atoms with Crippen molar-refractivity contribution in [1.82, 2.24) is 10.6 Å². The second kappa shape index (κ2) is 4.63. The normalized spacial score (nSPS) is 37.3. The van der Waals surface area contributed by atoms with Crippen LogP contribution in [0.1, 0.15) is 39.5 Å². The standard InChI is InChI=1S/C12H24N2/c1-9(11-5-3-7-13-11)10(2)12-6-4-8-14-12/h9-14H,3-8H2,1-2H3/t9-,10+,11-,12-/m0/s1. The molecule has 0 aromatic heterocycles. The number of nitrogens with one attached hydrogen (secondary N) is 2. The van der Waals surface area contributed by atoms with Crippen LogP contribution in [0.4, 0.5) is 0 Å². The Hall–Kier alpha value is -0.0800. The van der Waals surface area contributed by atoms with Gasteiger partial charge in [0.2, 0.25) is 0 Å². The summed E-state index contributed by atoms with van der Waals surface area (Å²) in [6, 6.07) is 1.57. The Bertz CT molecular complexity index is 149. The molecule has 0 unspecified atom stereocenters. The highest BCUT2D eigenvalue weighted by atomic mass is 15.0. The summed E-state index contributed by atoms with van der Waals surface area (Å²) in [5.41, 5.74) is 0. The zero-order valence-corrected chi connectivity index (χ0v) is 9.55. The second-order valence-corrected chi connectivity index (χ2v) is 5.12. The Morgan fingerprint density at radius 3 is 1.57 bits per heavy atom. The van der Waals surface area contributed by atoms with Gasteiger partial charge >= 0.3 is 0 Å². The summed E-state index contributed by atoms with van der Waals surface area (Å²) < 4.78 is 0. The van der Waals surface area contributed by atoms with E-state index in [-0.39, 0.29) is 0 Å². The minimum absolute atomic E-state index is 0.785. The minimum atomic E-state index is 0.785. The monoisotopic (exact) mass is 196 g/mol. The van der Waals surface area contributed by atoms with E-state index in [4.69, 9.17) is 0 Å². The maximum Gasteiger partial charge on any atom is 0.00962 e. The van der Waals surface area contributed by atoms with E-state index in [1.54, 1.807) is 0 Å². The van der Waals surface area contributed by atoms with Gasteiger partial charge in [-0.15, -0.1) is 0 Å². The molecule has 2 aliphatic heterocycles. The molecule has 0 saturated carbocycles. The van der Waals surface area contributed by atoms with E-state index in [0.717, 1.165) is 23.9 Å². The molecule has 4 atom stereocenters. The Morgan fingerprint density at radius 2 is 1.29 bits per heavy atom. The van der Waals surface area contributed by atoms with E-state index >= 15 is 0 Å². The van der Waals surface area contributed by atoms with Gasteiger partial charge in [-0.05, 0) is 50.6 Å². The van der Waals surface area contributed by atoms with E-state index < -0.39 is 0 Å².